The van der Waals surface area contributed by atoms with E-state index in [2.05, 4.69) is 11.4 Å². The zero-order valence-electron chi connectivity index (χ0n) is 9.67. The maximum Gasteiger partial charge on any atom is 0.103 e. The van der Waals surface area contributed by atoms with Crippen molar-refractivity contribution in [3.05, 3.63) is 57.6 Å². The summed E-state index contributed by atoms with van der Waals surface area (Å²) in [6.45, 7) is 1.95. The van der Waals surface area contributed by atoms with Crippen molar-refractivity contribution in [1.82, 2.24) is 0 Å². The molecule has 2 rings (SSSR count). The van der Waals surface area contributed by atoms with E-state index in [1.807, 2.05) is 25.1 Å². The molecule has 18 heavy (non-hydrogen) atoms. The molecule has 0 atom stereocenters. The fourth-order valence-corrected chi connectivity index (χ4v) is 2.10. The summed E-state index contributed by atoms with van der Waals surface area (Å²) < 4.78 is 0. The third kappa shape index (κ3) is 2.59. The fourth-order valence-electron chi connectivity index (χ4n) is 1.65. The summed E-state index contributed by atoms with van der Waals surface area (Å²) in [4.78, 5) is 0. The number of nitriles is 1. The first-order valence-electron chi connectivity index (χ1n) is 5.33. The highest BCUT2D eigenvalue weighted by Gasteiger charge is 2.07. The van der Waals surface area contributed by atoms with Gasteiger partial charge in [0, 0.05) is 10.7 Å². The molecule has 0 saturated carbocycles. The number of halogens is 2. The fraction of sp³-hybridized carbons (Fsp3) is 0.0714. The third-order valence-electron chi connectivity index (χ3n) is 2.58. The standard InChI is InChI=1S/C14H10Cl2N2/c1-9-7-10(15)5-6-13(9)18-14-4-2-3-12(16)11(14)8-17/h2-7,18H,1H3. The minimum atomic E-state index is 0.438. The average molecular weight is 277 g/mol. The summed E-state index contributed by atoms with van der Waals surface area (Å²) in [5, 5.41) is 13.4. The number of hydrogen-bond donors (Lipinski definition) is 1. The summed E-state index contributed by atoms with van der Waals surface area (Å²) in [5.41, 5.74) is 3.04. The molecule has 2 aromatic rings. The zero-order valence-corrected chi connectivity index (χ0v) is 11.2. The number of nitrogens with zero attached hydrogens (tertiary/aromatic N) is 1. The van der Waals surface area contributed by atoms with Gasteiger partial charge in [-0.05, 0) is 42.8 Å². The summed E-state index contributed by atoms with van der Waals surface area (Å²) in [6.07, 6.45) is 0. The van der Waals surface area contributed by atoms with Crippen molar-refractivity contribution < 1.29 is 0 Å². The van der Waals surface area contributed by atoms with Crippen LogP contribution in [0.1, 0.15) is 11.1 Å². The molecule has 0 spiro atoms. The Morgan fingerprint density at radius 3 is 2.56 bits per heavy atom. The Labute approximate surface area is 116 Å². The topological polar surface area (TPSA) is 35.8 Å². The maximum absolute atomic E-state index is 9.10. The van der Waals surface area contributed by atoms with Gasteiger partial charge >= 0.3 is 0 Å². The van der Waals surface area contributed by atoms with Crippen LogP contribution < -0.4 is 5.32 Å². The van der Waals surface area contributed by atoms with Crippen LogP contribution in [0, 0.1) is 18.3 Å². The van der Waals surface area contributed by atoms with E-state index < -0.39 is 0 Å². The molecule has 0 aliphatic rings. The van der Waals surface area contributed by atoms with Crippen LogP contribution in [0.25, 0.3) is 0 Å². The van der Waals surface area contributed by atoms with Crippen molar-refractivity contribution in [2.45, 2.75) is 6.92 Å². The molecule has 90 valence electrons. The van der Waals surface area contributed by atoms with Crippen molar-refractivity contribution >= 4 is 34.6 Å². The second-order valence-electron chi connectivity index (χ2n) is 3.86. The molecule has 0 heterocycles. The SMILES string of the molecule is Cc1cc(Cl)ccc1Nc1cccc(Cl)c1C#N. The van der Waals surface area contributed by atoms with Gasteiger partial charge in [0.05, 0.1) is 16.3 Å². The molecule has 0 aromatic heterocycles. The summed E-state index contributed by atoms with van der Waals surface area (Å²) in [5.74, 6) is 0. The number of aryl methyl sites for hydroxylation is 1. The zero-order chi connectivity index (χ0) is 13.1. The maximum atomic E-state index is 9.10. The van der Waals surface area contributed by atoms with E-state index in [4.69, 9.17) is 28.5 Å². The van der Waals surface area contributed by atoms with Gasteiger partial charge in [0.1, 0.15) is 6.07 Å². The molecular formula is C14H10Cl2N2. The third-order valence-corrected chi connectivity index (χ3v) is 3.13. The van der Waals surface area contributed by atoms with Gasteiger partial charge in [-0.2, -0.15) is 5.26 Å². The van der Waals surface area contributed by atoms with Crippen LogP contribution in [0.4, 0.5) is 11.4 Å². The van der Waals surface area contributed by atoms with E-state index in [-0.39, 0.29) is 0 Å². The highest BCUT2D eigenvalue weighted by Crippen LogP contribution is 2.28. The number of hydrogen-bond acceptors (Lipinski definition) is 2. The van der Waals surface area contributed by atoms with Gasteiger partial charge in [-0.25, -0.2) is 0 Å². The Kier molecular flexibility index (Phi) is 3.76. The largest absolute Gasteiger partial charge is 0.354 e. The molecule has 0 aliphatic heterocycles. The lowest BCUT2D eigenvalue weighted by Crippen LogP contribution is -1.96. The molecule has 0 bridgehead atoms. The van der Waals surface area contributed by atoms with Gasteiger partial charge in [-0.15, -0.1) is 0 Å². The second kappa shape index (κ2) is 5.30. The first-order valence-corrected chi connectivity index (χ1v) is 6.09. The van der Waals surface area contributed by atoms with Crippen molar-refractivity contribution in [3.8, 4) is 6.07 Å². The van der Waals surface area contributed by atoms with Crippen LogP contribution in [-0.2, 0) is 0 Å². The van der Waals surface area contributed by atoms with Gasteiger partial charge < -0.3 is 5.32 Å². The molecule has 0 radical (unpaired) electrons. The molecule has 1 N–H and O–H groups in total. The van der Waals surface area contributed by atoms with Crippen molar-refractivity contribution in [2.75, 3.05) is 5.32 Å². The molecule has 0 amide bonds. The van der Waals surface area contributed by atoms with E-state index in [9.17, 15) is 0 Å². The van der Waals surface area contributed by atoms with E-state index in [0.717, 1.165) is 11.3 Å². The highest BCUT2D eigenvalue weighted by atomic mass is 35.5. The van der Waals surface area contributed by atoms with Crippen LogP contribution in [0.15, 0.2) is 36.4 Å². The molecule has 2 nitrogen and oxygen atoms in total. The number of anilines is 2. The normalized spacial score (nSPS) is 9.89. The highest BCUT2D eigenvalue weighted by molar-refractivity contribution is 6.32. The summed E-state index contributed by atoms with van der Waals surface area (Å²) in [6, 6.07) is 12.9. The van der Waals surface area contributed by atoms with E-state index in [0.29, 0.717) is 21.3 Å². The van der Waals surface area contributed by atoms with Crippen molar-refractivity contribution in [1.29, 1.82) is 5.26 Å². The lowest BCUT2D eigenvalue weighted by molar-refractivity contribution is 1.41. The molecule has 0 saturated heterocycles. The molecular weight excluding hydrogens is 267 g/mol. The first kappa shape index (κ1) is 12.8. The number of rotatable bonds is 2. The Hall–Kier alpha value is -1.69. The Bertz CT molecular complexity index is 630. The lowest BCUT2D eigenvalue weighted by atomic mass is 10.1. The number of nitrogens with one attached hydrogen (secondary N) is 1. The monoisotopic (exact) mass is 276 g/mol. The Morgan fingerprint density at radius 2 is 1.89 bits per heavy atom. The predicted molar refractivity (Wildman–Crippen MR) is 75.6 cm³/mol. The van der Waals surface area contributed by atoms with Crippen LogP contribution in [0.2, 0.25) is 10.0 Å². The average Bonchev–Trinajstić information content (AvgIpc) is 2.33. The van der Waals surface area contributed by atoms with Crippen LogP contribution in [0.3, 0.4) is 0 Å². The van der Waals surface area contributed by atoms with Gasteiger partial charge in [0.15, 0.2) is 0 Å². The van der Waals surface area contributed by atoms with Gasteiger partial charge in [0.2, 0.25) is 0 Å². The van der Waals surface area contributed by atoms with E-state index in [1.165, 1.54) is 0 Å². The first-order chi connectivity index (χ1) is 8.61. The molecule has 2 aromatic carbocycles. The molecule has 4 heteroatoms. The lowest BCUT2D eigenvalue weighted by Gasteiger charge is -2.11. The van der Waals surface area contributed by atoms with Crippen LogP contribution in [-0.4, -0.2) is 0 Å². The second-order valence-corrected chi connectivity index (χ2v) is 4.70. The van der Waals surface area contributed by atoms with Gasteiger partial charge in [-0.3, -0.25) is 0 Å². The van der Waals surface area contributed by atoms with E-state index in [1.54, 1.807) is 18.2 Å². The smallest absolute Gasteiger partial charge is 0.103 e. The van der Waals surface area contributed by atoms with Crippen LogP contribution >= 0.6 is 23.2 Å². The van der Waals surface area contributed by atoms with Crippen molar-refractivity contribution in [2.24, 2.45) is 0 Å². The van der Waals surface area contributed by atoms with Gasteiger partial charge in [-0.1, -0.05) is 29.3 Å². The summed E-state index contributed by atoms with van der Waals surface area (Å²) in [7, 11) is 0. The minimum Gasteiger partial charge on any atom is -0.354 e. The Morgan fingerprint density at radius 1 is 1.11 bits per heavy atom. The quantitative estimate of drug-likeness (QED) is 0.845. The number of benzene rings is 2. The Balaban J connectivity index is 2.41. The molecule has 0 fully saturated rings. The van der Waals surface area contributed by atoms with Crippen molar-refractivity contribution in [3.63, 3.8) is 0 Å². The van der Waals surface area contributed by atoms with Gasteiger partial charge in [0.25, 0.3) is 0 Å². The minimum absolute atomic E-state index is 0.438. The molecule has 0 unspecified atom stereocenters. The summed E-state index contributed by atoms with van der Waals surface area (Å²) >= 11 is 11.9. The van der Waals surface area contributed by atoms with Crippen LogP contribution in [0.5, 0.6) is 0 Å². The predicted octanol–water partition coefficient (Wildman–Crippen LogP) is 4.92. The molecule has 0 aliphatic carbocycles. The van der Waals surface area contributed by atoms with E-state index >= 15 is 0 Å².